The third-order valence-corrected chi connectivity index (χ3v) is 0. The third-order valence-electron chi connectivity index (χ3n) is 0. The number of rotatable bonds is 0. The van der Waals surface area contributed by atoms with E-state index >= 15 is 0 Å². The van der Waals surface area contributed by atoms with Gasteiger partial charge in [0.15, 0.2) is 0 Å². The summed E-state index contributed by atoms with van der Waals surface area (Å²) in [6, 6.07) is 0. The van der Waals surface area contributed by atoms with Crippen LogP contribution >= 0.6 is 0 Å². The van der Waals surface area contributed by atoms with Crippen molar-refractivity contribution >= 4 is 45.5 Å². The molecular formula is CrO4Sr. The van der Waals surface area contributed by atoms with Crippen LogP contribution in [-0.2, 0) is 39.3 Å². The summed E-state index contributed by atoms with van der Waals surface area (Å²) >= 11 is 0. The molecule has 0 saturated carbocycles. The maximum Gasteiger partial charge on any atom is 6.00 e. The van der Waals surface area contributed by atoms with Crippen molar-refractivity contribution in [3.8, 4) is 0 Å². The zero-order chi connectivity index (χ0) is 0. The summed E-state index contributed by atoms with van der Waals surface area (Å²) in [6.07, 6.45) is 0. The standard InChI is InChI=1S/Cr.4O.Sr/q+6;4*-2;+2. The SMILES string of the molecule is [Cr+6].[O-2].[O-2].[O-2].[O-2].[Sr+2]. The summed E-state index contributed by atoms with van der Waals surface area (Å²) in [4.78, 5) is 0. The van der Waals surface area contributed by atoms with Crippen molar-refractivity contribution in [3.05, 3.63) is 0 Å². The maximum absolute atomic E-state index is 0. The van der Waals surface area contributed by atoms with Gasteiger partial charge in [-0.15, -0.1) is 0 Å². The molecule has 6 heteroatoms. The van der Waals surface area contributed by atoms with E-state index in [0.29, 0.717) is 0 Å². The zero-order valence-corrected chi connectivity index (χ0v) is 7.50. The Hall–Kier alpha value is 1.85. The molecule has 0 N–H and O–H groups in total. The van der Waals surface area contributed by atoms with Crippen LogP contribution in [0.2, 0.25) is 0 Å². The number of hydrogen-bond donors (Lipinski definition) is 0. The molecule has 0 bridgehead atoms. The molecule has 0 fully saturated rings. The summed E-state index contributed by atoms with van der Waals surface area (Å²) < 4.78 is 0. The van der Waals surface area contributed by atoms with Crippen LogP contribution in [0.15, 0.2) is 0 Å². The average molecular weight is 204 g/mol. The minimum absolute atomic E-state index is 0. The number of hydrogen-bond acceptors (Lipinski definition) is 0. The molecule has 0 aliphatic carbocycles. The van der Waals surface area contributed by atoms with E-state index in [1.807, 2.05) is 0 Å². The first-order chi connectivity index (χ1) is 0. The van der Waals surface area contributed by atoms with Crippen LogP contribution in [0.4, 0.5) is 0 Å². The first-order valence-electron chi connectivity index (χ1n) is 0. The van der Waals surface area contributed by atoms with Crippen LogP contribution in [-0.4, -0.2) is 45.5 Å². The Balaban J connectivity index is 0. The van der Waals surface area contributed by atoms with Gasteiger partial charge in [0, 0.05) is 0 Å². The van der Waals surface area contributed by atoms with E-state index in [1.54, 1.807) is 0 Å². The van der Waals surface area contributed by atoms with Crippen molar-refractivity contribution < 1.29 is 39.3 Å². The van der Waals surface area contributed by atoms with Gasteiger partial charge in [0.1, 0.15) is 0 Å². The largest absolute Gasteiger partial charge is 6.00 e. The van der Waals surface area contributed by atoms with Crippen molar-refractivity contribution in [1.82, 2.24) is 0 Å². The van der Waals surface area contributed by atoms with E-state index in [2.05, 4.69) is 0 Å². The Morgan fingerprint density at radius 1 is 0.500 bits per heavy atom. The monoisotopic (exact) mass is 204 g/mol. The molecule has 6 heavy (non-hydrogen) atoms. The van der Waals surface area contributed by atoms with Crippen LogP contribution in [0.3, 0.4) is 0 Å². The molecule has 0 amide bonds. The Morgan fingerprint density at radius 3 is 0.500 bits per heavy atom. The Labute approximate surface area is 83.6 Å². The van der Waals surface area contributed by atoms with Gasteiger partial charge in [-0.3, -0.25) is 0 Å². The average Bonchev–Trinajstić information content (AvgIpc) is 0. The molecule has 0 aliphatic rings. The smallest absolute Gasteiger partial charge is 2.00 e. The maximum atomic E-state index is 0. The second-order valence-electron chi connectivity index (χ2n) is 0. The van der Waals surface area contributed by atoms with E-state index in [-0.39, 0.29) is 84.7 Å². The van der Waals surface area contributed by atoms with Crippen LogP contribution < -0.4 is 0 Å². The van der Waals surface area contributed by atoms with Crippen LogP contribution in [0, 0.1) is 0 Å². The summed E-state index contributed by atoms with van der Waals surface area (Å²) in [5.74, 6) is 0. The molecule has 0 aliphatic heterocycles. The minimum atomic E-state index is 0. The third kappa shape index (κ3) is 40.1. The Morgan fingerprint density at radius 2 is 0.500 bits per heavy atom. The second-order valence-corrected chi connectivity index (χ2v) is 0. The van der Waals surface area contributed by atoms with Crippen molar-refractivity contribution in [2.75, 3.05) is 0 Å². The first kappa shape index (κ1) is 107. The van der Waals surface area contributed by atoms with E-state index in [4.69, 9.17) is 0 Å². The molecule has 0 unspecified atom stereocenters. The van der Waals surface area contributed by atoms with E-state index in [1.165, 1.54) is 0 Å². The Kier molecular flexibility index (Phi) is 1220. The summed E-state index contributed by atoms with van der Waals surface area (Å²) in [5, 5.41) is 0. The van der Waals surface area contributed by atoms with Gasteiger partial charge in [-0.1, -0.05) is 0 Å². The fourth-order valence-corrected chi connectivity index (χ4v) is 0. The van der Waals surface area contributed by atoms with Gasteiger partial charge < -0.3 is 21.9 Å². The summed E-state index contributed by atoms with van der Waals surface area (Å²) in [5.41, 5.74) is 0. The normalized spacial score (nSPS) is 0. The Bertz CT molecular complexity index is 7.51. The quantitative estimate of drug-likeness (QED) is 0.456. The van der Waals surface area contributed by atoms with Crippen molar-refractivity contribution in [1.29, 1.82) is 0 Å². The summed E-state index contributed by atoms with van der Waals surface area (Å²) in [7, 11) is 0. The van der Waals surface area contributed by atoms with E-state index < -0.39 is 0 Å². The fraction of sp³-hybridized carbons (Fsp3) is 0. The van der Waals surface area contributed by atoms with Gasteiger partial charge in [0.05, 0.1) is 0 Å². The van der Waals surface area contributed by atoms with Gasteiger partial charge >= 0.3 is 62.8 Å². The first-order valence-corrected chi connectivity index (χ1v) is 0. The molecule has 0 saturated heterocycles. The van der Waals surface area contributed by atoms with Crippen LogP contribution in [0.1, 0.15) is 0 Å². The molecule has 32 valence electrons. The van der Waals surface area contributed by atoms with E-state index in [9.17, 15) is 0 Å². The fourth-order valence-electron chi connectivity index (χ4n) is 0. The van der Waals surface area contributed by atoms with Crippen molar-refractivity contribution in [2.45, 2.75) is 0 Å². The van der Waals surface area contributed by atoms with Crippen molar-refractivity contribution in [3.63, 3.8) is 0 Å². The molecule has 4 nitrogen and oxygen atoms in total. The molecule has 0 aromatic carbocycles. The van der Waals surface area contributed by atoms with Gasteiger partial charge in [0.2, 0.25) is 0 Å². The van der Waals surface area contributed by atoms with Gasteiger partial charge in [-0.2, -0.15) is 0 Å². The molecule has 0 aromatic rings. The van der Waals surface area contributed by atoms with Crippen LogP contribution in [0.5, 0.6) is 0 Å². The summed E-state index contributed by atoms with van der Waals surface area (Å²) in [6.45, 7) is 0. The van der Waals surface area contributed by atoms with Crippen LogP contribution in [0.25, 0.3) is 0 Å². The molecule has 0 atom stereocenters. The van der Waals surface area contributed by atoms with E-state index in [0.717, 1.165) is 0 Å². The predicted molar refractivity (Wildman–Crippen MR) is 8.50 cm³/mol. The minimum Gasteiger partial charge on any atom is -2.00 e. The second kappa shape index (κ2) is 68.4. The molecule has 0 aromatic heterocycles. The van der Waals surface area contributed by atoms with Gasteiger partial charge in [-0.05, 0) is 0 Å². The van der Waals surface area contributed by atoms with Gasteiger partial charge in [0.25, 0.3) is 0 Å². The molecule has 0 heterocycles. The predicted octanol–water partition coefficient (Wildman–Crippen LogP) is -0.859. The van der Waals surface area contributed by atoms with Crippen molar-refractivity contribution in [2.24, 2.45) is 0 Å². The molecule has 0 spiro atoms. The van der Waals surface area contributed by atoms with Gasteiger partial charge in [-0.25, -0.2) is 0 Å². The molecular weight excluding hydrogens is 204 g/mol. The molecule has 0 radical (unpaired) electrons. The zero-order valence-electron chi connectivity index (χ0n) is 2.75. The molecule has 0 rings (SSSR count). The topological polar surface area (TPSA) is 114 Å².